The standard InChI is InChI=1S/C18H13F3N2O3S/c1-11-10-27-17-22-14(8-15(24)23(11)17)9-26-16(25)6-5-12-3-2-4-13(7-12)18(19,20)21/h2-8,10H,9H2,1H3/b6-5+. The van der Waals surface area contributed by atoms with Gasteiger partial charge in [0.05, 0.1) is 11.3 Å². The monoisotopic (exact) mass is 394 g/mol. The smallest absolute Gasteiger partial charge is 0.416 e. The molecule has 0 aliphatic heterocycles. The molecule has 0 saturated carbocycles. The van der Waals surface area contributed by atoms with E-state index in [0.717, 1.165) is 23.9 Å². The van der Waals surface area contributed by atoms with Gasteiger partial charge in [-0.25, -0.2) is 9.78 Å². The van der Waals surface area contributed by atoms with E-state index in [9.17, 15) is 22.8 Å². The SMILES string of the molecule is Cc1csc2nc(COC(=O)/C=C/c3cccc(C(F)(F)F)c3)cc(=O)n12. The van der Waals surface area contributed by atoms with Gasteiger partial charge < -0.3 is 4.74 Å². The number of thiazole rings is 1. The molecule has 27 heavy (non-hydrogen) atoms. The Labute approximate surface area is 155 Å². The first kappa shape index (κ1) is 18.8. The molecule has 9 heteroatoms. The highest BCUT2D eigenvalue weighted by molar-refractivity contribution is 7.15. The van der Waals surface area contributed by atoms with Crippen molar-refractivity contribution in [1.82, 2.24) is 9.38 Å². The molecule has 0 fully saturated rings. The maximum atomic E-state index is 12.7. The number of hydrogen-bond donors (Lipinski definition) is 0. The molecule has 0 radical (unpaired) electrons. The fourth-order valence-corrected chi connectivity index (χ4v) is 3.24. The van der Waals surface area contributed by atoms with Gasteiger partial charge in [-0.1, -0.05) is 12.1 Å². The first-order chi connectivity index (χ1) is 12.7. The summed E-state index contributed by atoms with van der Waals surface area (Å²) in [6.45, 7) is 1.57. The molecule has 0 aliphatic carbocycles. The molecule has 0 amide bonds. The second kappa shape index (κ2) is 7.36. The van der Waals surface area contributed by atoms with Gasteiger partial charge >= 0.3 is 12.1 Å². The lowest BCUT2D eigenvalue weighted by Crippen LogP contribution is -2.16. The molecule has 5 nitrogen and oxygen atoms in total. The van der Waals surface area contributed by atoms with Gasteiger partial charge in [-0.05, 0) is 30.7 Å². The summed E-state index contributed by atoms with van der Waals surface area (Å²) in [5.74, 6) is -0.753. The Morgan fingerprint density at radius 1 is 1.33 bits per heavy atom. The molecule has 0 unspecified atom stereocenters. The molecule has 0 saturated heterocycles. The lowest BCUT2D eigenvalue weighted by molar-refractivity contribution is -0.139. The summed E-state index contributed by atoms with van der Waals surface area (Å²) in [5.41, 5.74) is 0.197. The van der Waals surface area contributed by atoms with Gasteiger partial charge in [0.1, 0.15) is 6.61 Å². The molecule has 140 valence electrons. The van der Waals surface area contributed by atoms with Gasteiger partial charge in [-0.3, -0.25) is 9.20 Å². The highest BCUT2D eigenvalue weighted by Crippen LogP contribution is 2.29. The first-order valence-electron chi connectivity index (χ1n) is 7.73. The van der Waals surface area contributed by atoms with Crippen LogP contribution in [0, 0.1) is 6.92 Å². The number of ether oxygens (including phenoxy) is 1. The number of hydrogen-bond acceptors (Lipinski definition) is 5. The normalized spacial score (nSPS) is 12.0. The average molecular weight is 394 g/mol. The number of benzene rings is 1. The van der Waals surface area contributed by atoms with Gasteiger partial charge in [0.25, 0.3) is 5.56 Å². The van der Waals surface area contributed by atoms with E-state index in [2.05, 4.69) is 4.98 Å². The van der Waals surface area contributed by atoms with Crippen LogP contribution in [0.1, 0.15) is 22.5 Å². The van der Waals surface area contributed by atoms with Crippen LogP contribution in [0.25, 0.3) is 11.0 Å². The van der Waals surface area contributed by atoms with E-state index in [1.807, 2.05) is 0 Å². The van der Waals surface area contributed by atoms with Crippen molar-refractivity contribution in [3.05, 3.63) is 74.7 Å². The van der Waals surface area contributed by atoms with Crippen molar-refractivity contribution in [3.8, 4) is 0 Å². The predicted molar refractivity (Wildman–Crippen MR) is 94.4 cm³/mol. The van der Waals surface area contributed by atoms with E-state index in [0.29, 0.717) is 10.7 Å². The maximum absolute atomic E-state index is 12.7. The van der Waals surface area contributed by atoms with Crippen molar-refractivity contribution < 1.29 is 22.7 Å². The number of alkyl halides is 3. The Kier molecular flexibility index (Phi) is 5.13. The van der Waals surface area contributed by atoms with Crippen LogP contribution in [0.2, 0.25) is 0 Å². The van der Waals surface area contributed by atoms with Crippen LogP contribution >= 0.6 is 11.3 Å². The lowest BCUT2D eigenvalue weighted by Gasteiger charge is -2.06. The van der Waals surface area contributed by atoms with Gasteiger partial charge in [0, 0.05) is 23.2 Å². The average Bonchev–Trinajstić information content (AvgIpc) is 2.99. The van der Waals surface area contributed by atoms with Crippen LogP contribution < -0.4 is 5.56 Å². The Morgan fingerprint density at radius 2 is 2.11 bits per heavy atom. The molecular weight excluding hydrogens is 381 g/mol. The summed E-state index contributed by atoms with van der Waals surface area (Å²) in [4.78, 5) is 28.5. The van der Waals surface area contributed by atoms with Crippen LogP contribution in [-0.4, -0.2) is 15.4 Å². The molecule has 2 heterocycles. The highest BCUT2D eigenvalue weighted by Gasteiger charge is 2.30. The van der Waals surface area contributed by atoms with Crippen molar-refractivity contribution in [1.29, 1.82) is 0 Å². The predicted octanol–water partition coefficient (Wildman–Crippen LogP) is 3.84. The largest absolute Gasteiger partial charge is 0.456 e. The second-order valence-corrected chi connectivity index (χ2v) is 6.48. The van der Waals surface area contributed by atoms with Crippen LogP contribution in [0.4, 0.5) is 13.2 Å². The Hall–Kier alpha value is -2.94. The summed E-state index contributed by atoms with van der Waals surface area (Å²) in [5, 5.41) is 1.79. The quantitative estimate of drug-likeness (QED) is 0.498. The van der Waals surface area contributed by atoms with E-state index in [4.69, 9.17) is 4.74 Å². The molecule has 2 aromatic heterocycles. The Morgan fingerprint density at radius 3 is 2.85 bits per heavy atom. The first-order valence-corrected chi connectivity index (χ1v) is 8.61. The minimum absolute atomic E-state index is 0.214. The Balaban J connectivity index is 1.66. The Bertz CT molecular complexity index is 1080. The number of halogens is 3. The third kappa shape index (κ3) is 4.43. The summed E-state index contributed by atoms with van der Waals surface area (Å²) in [7, 11) is 0. The molecule has 0 bridgehead atoms. The van der Waals surface area contributed by atoms with E-state index in [1.54, 1.807) is 12.3 Å². The molecule has 1 aromatic carbocycles. The van der Waals surface area contributed by atoms with Crippen LogP contribution in [0.5, 0.6) is 0 Å². The number of aromatic nitrogens is 2. The van der Waals surface area contributed by atoms with Gasteiger partial charge in [-0.15, -0.1) is 11.3 Å². The second-order valence-electron chi connectivity index (χ2n) is 5.65. The van der Waals surface area contributed by atoms with Crippen LogP contribution in [-0.2, 0) is 22.3 Å². The highest BCUT2D eigenvalue weighted by atomic mass is 32.1. The van der Waals surface area contributed by atoms with Crippen LogP contribution in [0.3, 0.4) is 0 Å². The number of rotatable bonds is 4. The molecule has 0 spiro atoms. The van der Waals surface area contributed by atoms with Gasteiger partial charge in [0.15, 0.2) is 4.96 Å². The number of nitrogens with zero attached hydrogens (tertiary/aromatic N) is 2. The topological polar surface area (TPSA) is 60.7 Å². The minimum atomic E-state index is -4.46. The molecule has 3 rings (SSSR count). The van der Waals surface area contributed by atoms with Crippen molar-refractivity contribution >= 4 is 28.3 Å². The van der Waals surface area contributed by atoms with Crippen molar-refractivity contribution in [2.24, 2.45) is 0 Å². The van der Waals surface area contributed by atoms with Crippen LogP contribution in [0.15, 0.2) is 46.6 Å². The van der Waals surface area contributed by atoms with E-state index in [1.165, 1.54) is 40.0 Å². The number of aryl methyl sites for hydroxylation is 1. The third-order valence-electron chi connectivity index (χ3n) is 3.62. The minimum Gasteiger partial charge on any atom is -0.456 e. The van der Waals surface area contributed by atoms with E-state index >= 15 is 0 Å². The maximum Gasteiger partial charge on any atom is 0.416 e. The van der Waals surface area contributed by atoms with Crippen molar-refractivity contribution in [2.45, 2.75) is 19.7 Å². The zero-order chi connectivity index (χ0) is 19.6. The lowest BCUT2D eigenvalue weighted by atomic mass is 10.1. The van der Waals surface area contributed by atoms with Gasteiger partial charge in [-0.2, -0.15) is 13.2 Å². The number of fused-ring (bicyclic) bond motifs is 1. The molecule has 0 aliphatic rings. The van der Waals surface area contributed by atoms with Gasteiger partial charge in [0.2, 0.25) is 0 Å². The van der Waals surface area contributed by atoms with E-state index < -0.39 is 17.7 Å². The number of carbonyl (C=O) groups excluding carboxylic acids is 1. The summed E-state index contributed by atoms with van der Waals surface area (Å²) in [6.07, 6.45) is -2.20. The molecule has 0 N–H and O–H groups in total. The fraction of sp³-hybridized carbons (Fsp3) is 0.167. The molecular formula is C18H13F3N2O3S. The van der Waals surface area contributed by atoms with Crippen molar-refractivity contribution in [2.75, 3.05) is 0 Å². The molecule has 0 atom stereocenters. The zero-order valence-corrected chi connectivity index (χ0v) is 14.8. The zero-order valence-electron chi connectivity index (χ0n) is 14.0. The summed E-state index contributed by atoms with van der Waals surface area (Å²) >= 11 is 1.29. The molecule has 3 aromatic rings. The number of esters is 1. The summed E-state index contributed by atoms with van der Waals surface area (Å²) in [6, 6.07) is 5.84. The van der Waals surface area contributed by atoms with E-state index in [-0.39, 0.29) is 17.7 Å². The van der Waals surface area contributed by atoms with Crippen molar-refractivity contribution in [3.63, 3.8) is 0 Å². The summed E-state index contributed by atoms with van der Waals surface area (Å²) < 4.78 is 44.5. The third-order valence-corrected chi connectivity index (χ3v) is 4.56. The number of carbonyl (C=O) groups is 1. The fourth-order valence-electron chi connectivity index (χ4n) is 2.35.